The highest BCUT2D eigenvalue weighted by molar-refractivity contribution is 6.17. The van der Waals surface area contributed by atoms with Gasteiger partial charge in [0.2, 0.25) is 0 Å². The van der Waals surface area contributed by atoms with Crippen molar-refractivity contribution < 1.29 is 28.8 Å². The van der Waals surface area contributed by atoms with Crippen molar-refractivity contribution in [2.45, 2.75) is 0 Å². The Labute approximate surface area is 324 Å². The SMILES string of the molecule is [2H]c1c([2H])c([2H])c2c(c1[2H])c1cc(-n3c4c([2H])c([2H])c([2H])c([2H])c4c4c(-n5c6c([2H])c([2H])c([2H])c([2H])c6c6c([2H])c([2H])c([2H])c([2H])c65)c([2H])c([2H])c([2H])c43)c([2H])c([2H])c1n2-c1cccc(-c2ccccc2)c1. The molecule has 0 aliphatic heterocycles. The molecule has 0 N–H and O–H groups in total. The molecule has 11 rings (SSSR count). The van der Waals surface area contributed by atoms with E-state index in [2.05, 4.69) is 0 Å². The van der Waals surface area contributed by atoms with Gasteiger partial charge < -0.3 is 13.7 Å². The van der Waals surface area contributed by atoms with Crippen molar-refractivity contribution in [2.24, 2.45) is 0 Å². The summed E-state index contributed by atoms with van der Waals surface area (Å²) in [5, 5.41) is -1.74. The molecule has 0 unspecified atom stereocenters. The van der Waals surface area contributed by atoms with Gasteiger partial charge in [0.05, 0.1) is 67.6 Å². The first kappa shape index (κ1) is 14.6. The van der Waals surface area contributed by atoms with Gasteiger partial charge in [0, 0.05) is 43.7 Å². The zero-order chi connectivity index (χ0) is 51.7. The van der Waals surface area contributed by atoms with Crippen LogP contribution in [0.3, 0.4) is 0 Å². The van der Waals surface area contributed by atoms with Gasteiger partial charge in [0.1, 0.15) is 0 Å². The van der Waals surface area contributed by atoms with Crippen LogP contribution in [0.25, 0.3) is 93.6 Å². The fraction of sp³-hybridized carbons (Fsp3) is 0. The summed E-state index contributed by atoms with van der Waals surface area (Å²) in [7, 11) is 0. The summed E-state index contributed by atoms with van der Waals surface area (Å²) in [6.45, 7) is 0. The molecule has 0 saturated heterocycles. The van der Waals surface area contributed by atoms with E-state index in [4.69, 9.17) is 13.7 Å². The van der Waals surface area contributed by atoms with Gasteiger partial charge >= 0.3 is 0 Å². The molecule has 0 fully saturated rings. The van der Waals surface area contributed by atoms with Crippen LogP contribution >= 0.6 is 0 Å². The minimum absolute atomic E-state index is 0.0155. The van der Waals surface area contributed by atoms with E-state index >= 15 is 0 Å². The molecule has 3 aromatic heterocycles. The largest absolute Gasteiger partial charge is 0.309 e. The van der Waals surface area contributed by atoms with E-state index in [0.717, 1.165) is 14.7 Å². The van der Waals surface area contributed by atoms with Gasteiger partial charge in [0.25, 0.3) is 0 Å². The Morgan fingerprint density at radius 1 is 0.333 bits per heavy atom. The number of hydrogen-bond acceptors (Lipinski definition) is 0. The molecule has 0 aliphatic carbocycles. The molecule has 11 aromatic rings. The third-order valence-electron chi connectivity index (χ3n) is 9.14. The lowest BCUT2D eigenvalue weighted by molar-refractivity contribution is 1.16. The van der Waals surface area contributed by atoms with Gasteiger partial charge in [-0.15, -0.1) is 0 Å². The van der Waals surface area contributed by atoms with E-state index in [1.54, 1.807) is 18.2 Å². The lowest BCUT2D eigenvalue weighted by Gasteiger charge is -2.12. The maximum Gasteiger partial charge on any atom is 0.0646 e. The summed E-state index contributed by atoms with van der Waals surface area (Å²) in [5.41, 5.74) is -1.06. The van der Waals surface area contributed by atoms with Gasteiger partial charge in [-0.2, -0.15) is 0 Å². The fourth-order valence-corrected chi connectivity index (χ4v) is 7.02. The van der Waals surface area contributed by atoms with Gasteiger partial charge in [0.15, 0.2) is 0 Å². The Bertz CT molecular complexity index is 4270. The van der Waals surface area contributed by atoms with Crippen LogP contribution in [0.5, 0.6) is 0 Å². The second kappa shape index (κ2) is 10.8. The Morgan fingerprint density at radius 2 is 0.863 bits per heavy atom. The van der Waals surface area contributed by atoms with Gasteiger partial charge in [-0.1, -0.05) is 121 Å². The second-order valence-corrected chi connectivity index (χ2v) is 11.8. The minimum atomic E-state index is -0.879. The van der Waals surface area contributed by atoms with E-state index in [0.29, 0.717) is 11.3 Å². The number of benzene rings is 8. The quantitative estimate of drug-likeness (QED) is 0.177. The van der Waals surface area contributed by atoms with Crippen LogP contribution in [0.2, 0.25) is 0 Å². The predicted octanol–water partition coefficient (Wildman–Crippen LogP) is 12.6. The monoisotopic (exact) mass is 670 g/mol. The summed E-state index contributed by atoms with van der Waals surface area (Å²) < 4.78 is 195. The molecule has 0 spiro atoms. The normalized spacial score (nSPS) is 17.7. The van der Waals surface area contributed by atoms with E-state index in [9.17, 15) is 15.1 Å². The molecule has 0 saturated carbocycles. The molecule has 3 nitrogen and oxygen atoms in total. The number of aromatic nitrogens is 3. The first-order valence-corrected chi connectivity index (χ1v) is 15.8. The third-order valence-corrected chi connectivity index (χ3v) is 9.14. The van der Waals surface area contributed by atoms with Crippen molar-refractivity contribution in [1.29, 1.82) is 0 Å². The lowest BCUT2D eigenvalue weighted by Crippen LogP contribution is -1.97. The molecule has 3 heterocycles. The summed E-state index contributed by atoms with van der Waals surface area (Å²) in [6.07, 6.45) is 0. The maximum atomic E-state index is 9.79. The molecule has 0 amide bonds. The van der Waals surface area contributed by atoms with Gasteiger partial charge in [-0.3, -0.25) is 0 Å². The molecule has 3 heteroatoms. The fourth-order valence-electron chi connectivity index (χ4n) is 7.02. The van der Waals surface area contributed by atoms with E-state index in [1.807, 2.05) is 36.4 Å². The number of para-hydroxylation sites is 4. The van der Waals surface area contributed by atoms with Gasteiger partial charge in [-0.05, 0) is 77.7 Å². The first-order valence-electron chi connectivity index (χ1n) is 26.3. The van der Waals surface area contributed by atoms with Gasteiger partial charge in [-0.25, -0.2) is 0 Å². The second-order valence-electron chi connectivity index (χ2n) is 11.8. The summed E-state index contributed by atoms with van der Waals surface area (Å²) >= 11 is 0. The topological polar surface area (TPSA) is 14.8 Å². The van der Waals surface area contributed by atoms with Crippen molar-refractivity contribution in [1.82, 2.24) is 13.7 Å². The average molecular weight is 671 g/mol. The number of fused-ring (bicyclic) bond motifs is 9. The highest BCUT2D eigenvalue weighted by atomic mass is 15.0. The van der Waals surface area contributed by atoms with Crippen LogP contribution in [0.1, 0.15) is 28.8 Å². The first-order chi connectivity index (χ1) is 34.1. The zero-order valence-electron chi connectivity index (χ0n) is 47.1. The number of hydrogen-bond donors (Lipinski definition) is 0. The highest BCUT2D eigenvalue weighted by Crippen LogP contribution is 2.41. The standard InChI is InChI=1S/C48H31N3/c1-2-14-32(15-3-1)33-16-12-17-34(30-33)49-41-22-8-6-20-38(41)40-31-35(28-29-45(40)49)50-44-25-11-7-21-39(44)48-46(50)26-13-27-47(48)51-42-23-9-4-18-36(42)37-19-5-10-24-43(37)51/h1-31H/i4D,5D,6D,7D,8D,9D,10D,11D,13D,18D,19D,20D,21D,22D,23D,24D,25D,26D,27D,28D,29D. The molecule has 0 atom stereocenters. The van der Waals surface area contributed by atoms with Crippen molar-refractivity contribution in [2.75, 3.05) is 0 Å². The lowest BCUT2D eigenvalue weighted by atomic mass is 10.1. The third kappa shape index (κ3) is 4.06. The van der Waals surface area contributed by atoms with Crippen molar-refractivity contribution in [3.63, 3.8) is 0 Å². The van der Waals surface area contributed by atoms with E-state index in [1.165, 1.54) is 10.6 Å². The minimum Gasteiger partial charge on any atom is -0.309 e. The Kier molecular flexibility index (Phi) is 3.09. The Morgan fingerprint density at radius 3 is 1.57 bits per heavy atom. The molecular weight excluding hydrogens is 619 g/mol. The Balaban J connectivity index is 1.39. The average Bonchev–Trinajstić information content (AvgIpc) is 4.04. The predicted molar refractivity (Wildman–Crippen MR) is 215 cm³/mol. The smallest absolute Gasteiger partial charge is 0.0646 e. The summed E-state index contributed by atoms with van der Waals surface area (Å²) in [4.78, 5) is 0. The Hall–Kier alpha value is -6.84. The number of rotatable bonds is 4. The molecule has 51 heavy (non-hydrogen) atoms. The summed E-state index contributed by atoms with van der Waals surface area (Å²) in [6, 6.07) is 2.39. The van der Waals surface area contributed by atoms with Crippen LogP contribution in [0, 0.1) is 0 Å². The molecule has 238 valence electrons. The van der Waals surface area contributed by atoms with Crippen molar-refractivity contribution >= 4 is 65.4 Å². The zero-order valence-corrected chi connectivity index (χ0v) is 26.1. The van der Waals surface area contributed by atoms with E-state index < -0.39 is 176 Å². The molecular formula is C48H31N3. The van der Waals surface area contributed by atoms with Crippen LogP contribution in [-0.2, 0) is 0 Å². The number of nitrogens with zero attached hydrogens (tertiary/aromatic N) is 3. The maximum absolute atomic E-state index is 9.79. The molecule has 0 aliphatic rings. The van der Waals surface area contributed by atoms with Crippen LogP contribution in [0.4, 0.5) is 0 Å². The van der Waals surface area contributed by atoms with Crippen molar-refractivity contribution in [3.8, 4) is 28.2 Å². The van der Waals surface area contributed by atoms with Crippen molar-refractivity contribution in [3.05, 3.63) is 188 Å². The van der Waals surface area contributed by atoms with Crippen LogP contribution < -0.4 is 0 Å². The summed E-state index contributed by atoms with van der Waals surface area (Å²) in [5.74, 6) is 0. The molecule has 0 bridgehead atoms. The highest BCUT2D eigenvalue weighted by Gasteiger charge is 2.20. The molecule has 0 radical (unpaired) electrons. The van der Waals surface area contributed by atoms with Crippen LogP contribution in [0.15, 0.2) is 188 Å². The molecule has 8 aromatic carbocycles. The van der Waals surface area contributed by atoms with Crippen LogP contribution in [-0.4, -0.2) is 13.7 Å². The van der Waals surface area contributed by atoms with E-state index in [-0.39, 0.29) is 27.5 Å².